The molecule has 1 aliphatic heterocycles. The number of hydrogen-bond acceptors (Lipinski definition) is 5. The maximum absolute atomic E-state index is 11.8. The molecule has 128 valence electrons. The summed E-state index contributed by atoms with van der Waals surface area (Å²) in [5.74, 6) is 0.419. The molecule has 1 fully saturated rings. The first-order chi connectivity index (χ1) is 10.7. The maximum Gasteiger partial charge on any atom is 0.412 e. The highest BCUT2D eigenvalue weighted by Gasteiger charge is 2.29. The van der Waals surface area contributed by atoms with E-state index in [1.807, 2.05) is 6.92 Å². The number of carbonyl (C=O) groups excluding carboxylic acids is 1. The van der Waals surface area contributed by atoms with Crippen molar-refractivity contribution >= 4 is 11.8 Å². The molecular formula is C17H26N2O4. The number of nitrogens with one attached hydrogen (secondary N) is 2. The highest BCUT2D eigenvalue weighted by Crippen LogP contribution is 2.34. The number of phenolic OH excluding ortho intramolecular Hbond substituents is 1. The zero-order valence-electron chi connectivity index (χ0n) is 14.2. The summed E-state index contributed by atoms with van der Waals surface area (Å²) >= 11 is 0. The molecule has 0 aromatic heterocycles. The van der Waals surface area contributed by atoms with Crippen molar-refractivity contribution in [1.82, 2.24) is 5.32 Å². The van der Waals surface area contributed by atoms with Crippen LogP contribution in [-0.2, 0) is 4.74 Å². The van der Waals surface area contributed by atoms with Crippen LogP contribution < -0.4 is 15.4 Å². The van der Waals surface area contributed by atoms with Gasteiger partial charge in [-0.15, -0.1) is 0 Å². The Morgan fingerprint density at radius 1 is 1.30 bits per heavy atom. The number of phenols is 1. The third kappa shape index (κ3) is 5.32. The molecule has 3 N–H and O–H groups in total. The highest BCUT2D eigenvalue weighted by molar-refractivity contribution is 5.85. The molecule has 0 atom stereocenters. The molecule has 0 radical (unpaired) electrons. The summed E-state index contributed by atoms with van der Waals surface area (Å²) < 4.78 is 11.2. The van der Waals surface area contributed by atoms with Crippen molar-refractivity contribution in [2.45, 2.75) is 51.7 Å². The average molecular weight is 322 g/mol. The van der Waals surface area contributed by atoms with E-state index < -0.39 is 11.7 Å². The van der Waals surface area contributed by atoms with Crippen LogP contribution in [0.2, 0.25) is 0 Å². The van der Waals surface area contributed by atoms with Crippen LogP contribution in [0.4, 0.5) is 10.5 Å². The van der Waals surface area contributed by atoms with Gasteiger partial charge in [-0.05, 0) is 65.8 Å². The van der Waals surface area contributed by atoms with Gasteiger partial charge in [0.2, 0.25) is 0 Å². The Morgan fingerprint density at radius 2 is 1.96 bits per heavy atom. The van der Waals surface area contributed by atoms with Gasteiger partial charge in [-0.1, -0.05) is 0 Å². The Labute approximate surface area is 137 Å². The zero-order chi connectivity index (χ0) is 17.1. The number of piperidine rings is 1. The maximum atomic E-state index is 11.8. The highest BCUT2D eigenvalue weighted by atomic mass is 16.6. The molecule has 2 rings (SSSR count). The fourth-order valence-electron chi connectivity index (χ4n) is 2.42. The van der Waals surface area contributed by atoms with Crippen LogP contribution in [0.3, 0.4) is 0 Å². The van der Waals surface area contributed by atoms with Gasteiger partial charge in [0.1, 0.15) is 11.2 Å². The molecule has 0 aliphatic carbocycles. The van der Waals surface area contributed by atoms with Gasteiger partial charge in [0.25, 0.3) is 0 Å². The fourth-order valence-corrected chi connectivity index (χ4v) is 2.42. The first-order valence-electron chi connectivity index (χ1n) is 7.90. The minimum Gasteiger partial charge on any atom is -0.504 e. The number of benzene rings is 1. The van der Waals surface area contributed by atoms with Gasteiger partial charge in [0.15, 0.2) is 11.5 Å². The lowest BCUT2D eigenvalue weighted by molar-refractivity contribution is 0.0528. The van der Waals surface area contributed by atoms with Crippen molar-refractivity contribution in [3.63, 3.8) is 0 Å². The molecule has 1 aliphatic rings. The molecule has 1 aromatic rings. The minimum atomic E-state index is -0.567. The third-order valence-corrected chi connectivity index (χ3v) is 3.62. The van der Waals surface area contributed by atoms with E-state index in [2.05, 4.69) is 10.6 Å². The van der Waals surface area contributed by atoms with Crippen LogP contribution in [0.1, 0.15) is 40.5 Å². The predicted octanol–water partition coefficient (Wildman–Crippen LogP) is 3.26. The molecule has 0 saturated carbocycles. The lowest BCUT2D eigenvalue weighted by atomic mass is 9.94. The van der Waals surface area contributed by atoms with E-state index in [-0.39, 0.29) is 11.4 Å². The summed E-state index contributed by atoms with van der Waals surface area (Å²) in [6.45, 7) is 9.20. The smallest absolute Gasteiger partial charge is 0.412 e. The number of anilines is 1. The van der Waals surface area contributed by atoms with Crippen molar-refractivity contribution in [2.24, 2.45) is 0 Å². The third-order valence-electron chi connectivity index (χ3n) is 3.62. The van der Waals surface area contributed by atoms with Crippen LogP contribution >= 0.6 is 0 Å². The summed E-state index contributed by atoms with van der Waals surface area (Å²) in [5, 5.41) is 16.0. The predicted molar refractivity (Wildman–Crippen MR) is 89.1 cm³/mol. The monoisotopic (exact) mass is 322 g/mol. The number of amides is 1. The Balaban J connectivity index is 2.08. The molecule has 0 bridgehead atoms. The van der Waals surface area contributed by atoms with E-state index in [0.717, 1.165) is 25.9 Å². The van der Waals surface area contributed by atoms with E-state index in [9.17, 15) is 9.90 Å². The van der Waals surface area contributed by atoms with Gasteiger partial charge >= 0.3 is 6.09 Å². The summed E-state index contributed by atoms with van der Waals surface area (Å²) in [6, 6.07) is 4.73. The quantitative estimate of drug-likeness (QED) is 0.744. The molecule has 1 heterocycles. The molecule has 6 nitrogen and oxygen atoms in total. The Kier molecular flexibility index (Phi) is 5.04. The van der Waals surface area contributed by atoms with Crippen LogP contribution in [0.5, 0.6) is 11.5 Å². The zero-order valence-corrected chi connectivity index (χ0v) is 14.2. The molecular weight excluding hydrogens is 296 g/mol. The Bertz CT molecular complexity index is 560. The van der Waals surface area contributed by atoms with Gasteiger partial charge in [0.05, 0.1) is 0 Å². The second-order valence-electron chi connectivity index (χ2n) is 7.11. The average Bonchev–Trinajstić information content (AvgIpc) is 2.41. The first-order valence-corrected chi connectivity index (χ1v) is 7.90. The van der Waals surface area contributed by atoms with Crippen molar-refractivity contribution < 1.29 is 19.4 Å². The summed E-state index contributed by atoms with van der Waals surface area (Å²) in [6.07, 6.45) is 1.17. The fraction of sp³-hybridized carbons (Fsp3) is 0.588. The van der Waals surface area contributed by atoms with Crippen LogP contribution in [0.25, 0.3) is 0 Å². The number of aromatic hydroxyl groups is 1. The normalized spacial score (nSPS) is 17.4. The second-order valence-corrected chi connectivity index (χ2v) is 7.11. The lowest BCUT2D eigenvalue weighted by Crippen LogP contribution is -2.43. The topological polar surface area (TPSA) is 79.8 Å². The minimum absolute atomic E-state index is 0.0551. The molecule has 6 heteroatoms. The van der Waals surface area contributed by atoms with E-state index >= 15 is 0 Å². The largest absolute Gasteiger partial charge is 0.504 e. The second kappa shape index (κ2) is 6.66. The summed E-state index contributed by atoms with van der Waals surface area (Å²) in [5.41, 5.74) is -0.375. The number of carbonyl (C=O) groups is 1. The SMILES string of the molecule is CC(C)(C)OC(=O)Nc1ccc(O)c(OC2(C)CCNCC2)c1. The van der Waals surface area contributed by atoms with E-state index in [0.29, 0.717) is 11.4 Å². The van der Waals surface area contributed by atoms with E-state index in [1.54, 1.807) is 32.9 Å². The standard InChI is InChI=1S/C17H26N2O4/c1-16(2,3)23-15(21)19-12-5-6-13(20)14(11-12)22-17(4)7-9-18-10-8-17/h5-6,11,18,20H,7-10H2,1-4H3,(H,19,21). The Hall–Kier alpha value is -1.95. The van der Waals surface area contributed by atoms with Gasteiger partial charge in [-0.2, -0.15) is 0 Å². The van der Waals surface area contributed by atoms with Crippen molar-refractivity contribution in [2.75, 3.05) is 18.4 Å². The van der Waals surface area contributed by atoms with Crippen molar-refractivity contribution in [3.8, 4) is 11.5 Å². The summed E-state index contributed by atoms with van der Waals surface area (Å²) in [7, 11) is 0. The Morgan fingerprint density at radius 3 is 2.57 bits per heavy atom. The van der Waals surface area contributed by atoms with Gasteiger partial charge in [0, 0.05) is 11.8 Å². The van der Waals surface area contributed by atoms with Gasteiger partial charge in [-0.25, -0.2) is 4.79 Å². The number of rotatable bonds is 3. The van der Waals surface area contributed by atoms with Gasteiger partial charge < -0.3 is 19.9 Å². The summed E-state index contributed by atoms with van der Waals surface area (Å²) in [4.78, 5) is 11.8. The molecule has 1 saturated heterocycles. The molecule has 23 heavy (non-hydrogen) atoms. The van der Waals surface area contributed by atoms with Crippen molar-refractivity contribution in [1.29, 1.82) is 0 Å². The van der Waals surface area contributed by atoms with E-state index in [4.69, 9.17) is 9.47 Å². The van der Waals surface area contributed by atoms with E-state index in [1.165, 1.54) is 6.07 Å². The first kappa shape index (κ1) is 17.4. The molecule has 0 spiro atoms. The molecule has 1 aromatic carbocycles. The molecule has 1 amide bonds. The molecule has 0 unspecified atom stereocenters. The van der Waals surface area contributed by atoms with Gasteiger partial charge in [-0.3, -0.25) is 5.32 Å². The van der Waals surface area contributed by atoms with Crippen molar-refractivity contribution in [3.05, 3.63) is 18.2 Å². The number of ether oxygens (including phenoxy) is 2. The van der Waals surface area contributed by atoms with Crippen LogP contribution in [-0.4, -0.2) is 35.5 Å². The number of hydrogen-bond donors (Lipinski definition) is 3. The van der Waals surface area contributed by atoms with Crippen LogP contribution in [0, 0.1) is 0 Å². The van der Waals surface area contributed by atoms with Crippen LogP contribution in [0.15, 0.2) is 18.2 Å². The lowest BCUT2D eigenvalue weighted by Gasteiger charge is -2.34.